The van der Waals surface area contributed by atoms with Gasteiger partial charge in [0.05, 0.1) is 5.56 Å². The molecule has 158 valence electrons. The first kappa shape index (κ1) is 25.5. The van der Waals surface area contributed by atoms with Crippen LogP contribution in [0.5, 0.6) is 0 Å². The minimum absolute atomic E-state index is 0.104. The van der Waals surface area contributed by atoms with Crippen LogP contribution in [0.15, 0.2) is 6.07 Å². The molecule has 0 atom stereocenters. The number of ether oxygens (including phenoxy) is 1. The van der Waals surface area contributed by atoms with Gasteiger partial charge in [0.15, 0.2) is 0 Å². The number of hydrogen-bond donors (Lipinski definition) is 1. The van der Waals surface area contributed by atoms with Crippen molar-refractivity contribution >= 4 is 58.4 Å². The average molecular weight is 442 g/mol. The van der Waals surface area contributed by atoms with E-state index in [-0.39, 0.29) is 23.8 Å². The van der Waals surface area contributed by atoms with Crippen LogP contribution in [0, 0.1) is 0 Å². The highest BCUT2D eigenvalue weighted by molar-refractivity contribution is 7.85. The van der Waals surface area contributed by atoms with E-state index < -0.39 is 45.4 Å². The molecule has 1 aromatic rings. The molecule has 16 heteroatoms. The molecule has 1 aromatic carbocycles. The fourth-order valence-corrected chi connectivity index (χ4v) is 4.07. The van der Waals surface area contributed by atoms with Crippen molar-refractivity contribution in [2.24, 2.45) is 0 Å². The first-order valence-corrected chi connectivity index (χ1v) is 9.96. The number of benzene rings is 1. The van der Waals surface area contributed by atoms with Gasteiger partial charge in [-0.2, -0.15) is 34.8 Å². The molecule has 5 nitrogen and oxygen atoms in total. The molecule has 0 unspecified atom stereocenters. The van der Waals surface area contributed by atoms with Gasteiger partial charge in [-0.15, -0.1) is 0 Å². The van der Waals surface area contributed by atoms with E-state index in [1.165, 1.54) is 15.7 Å². The summed E-state index contributed by atoms with van der Waals surface area (Å²) in [6.07, 6.45) is -12.5. The van der Waals surface area contributed by atoms with Gasteiger partial charge in [0.25, 0.3) is 10.1 Å². The summed E-state index contributed by atoms with van der Waals surface area (Å²) in [6.45, 7) is 0. The molecule has 0 heterocycles. The molecule has 0 aliphatic heterocycles. The van der Waals surface area contributed by atoms with Crippen LogP contribution < -0.4 is 10.9 Å². The van der Waals surface area contributed by atoms with Crippen molar-refractivity contribution in [2.75, 3.05) is 5.75 Å². The van der Waals surface area contributed by atoms with E-state index in [1.807, 2.05) is 0 Å². The lowest BCUT2D eigenvalue weighted by molar-refractivity contribution is -0.356. The topological polar surface area (TPSA) is 80.7 Å². The predicted octanol–water partition coefficient (Wildman–Crippen LogP) is -2.62. The molecule has 0 bridgehead atoms. The Balaban J connectivity index is 3.79. The highest BCUT2D eigenvalue weighted by Gasteiger charge is 2.76. The normalized spacial score (nSPS) is 13.3. The maximum Gasteiger partial charge on any atom is 0.438 e. The van der Waals surface area contributed by atoms with Gasteiger partial charge in [-0.05, 0) is 11.1 Å². The Morgan fingerprint density at radius 2 is 1.34 bits per heavy atom. The predicted molar refractivity (Wildman–Crippen MR) is 104 cm³/mol. The van der Waals surface area contributed by atoms with Crippen LogP contribution in [0.1, 0.15) is 21.5 Å². The van der Waals surface area contributed by atoms with Gasteiger partial charge in [0, 0.05) is 0 Å². The van der Waals surface area contributed by atoms with E-state index in [1.54, 1.807) is 21.8 Å². The number of rotatable bonds is 6. The maximum atomic E-state index is 13.4. The summed E-state index contributed by atoms with van der Waals surface area (Å²) in [5.41, 5.74) is -4.63. The zero-order valence-corrected chi connectivity index (χ0v) is 16.8. The smallest absolute Gasteiger partial charge is 0.435 e. The summed E-state index contributed by atoms with van der Waals surface area (Å²) < 4.78 is 115. The van der Waals surface area contributed by atoms with E-state index in [4.69, 9.17) is 4.55 Å². The van der Waals surface area contributed by atoms with E-state index >= 15 is 0 Å². The van der Waals surface area contributed by atoms with E-state index in [9.17, 15) is 39.6 Å². The van der Waals surface area contributed by atoms with Gasteiger partial charge in [-0.3, -0.25) is 4.55 Å². The summed E-state index contributed by atoms with van der Waals surface area (Å²) in [6, 6.07) is 1.63. The number of esters is 1. The molecular formula is C13H16B4F6O5S. The quantitative estimate of drug-likeness (QED) is 0.226. The van der Waals surface area contributed by atoms with Crippen LogP contribution in [0.2, 0.25) is 0 Å². The zero-order valence-electron chi connectivity index (χ0n) is 16.0. The molecule has 0 saturated carbocycles. The maximum absolute atomic E-state index is 13.4. The molecule has 0 spiro atoms. The Kier molecular flexibility index (Phi) is 7.28. The lowest BCUT2D eigenvalue weighted by atomic mass is 9.72. The van der Waals surface area contributed by atoms with Crippen molar-refractivity contribution in [1.29, 1.82) is 0 Å². The summed E-state index contributed by atoms with van der Waals surface area (Å²) in [4.78, 5) is 12.6. The van der Waals surface area contributed by atoms with Crippen LogP contribution in [0.25, 0.3) is 0 Å². The van der Waals surface area contributed by atoms with Crippen LogP contribution in [-0.4, -0.2) is 74.0 Å². The minimum atomic E-state index is -6.37. The van der Waals surface area contributed by atoms with Gasteiger partial charge in [-0.25, -0.2) is 4.79 Å². The second kappa shape index (κ2) is 8.29. The van der Waals surface area contributed by atoms with Crippen molar-refractivity contribution in [1.82, 2.24) is 0 Å². The molecule has 0 fully saturated rings. The number of carbonyl (C=O) groups is 1. The Morgan fingerprint density at radius 1 is 0.966 bits per heavy atom. The van der Waals surface area contributed by atoms with Crippen LogP contribution in [0.4, 0.5) is 26.3 Å². The highest BCUT2D eigenvalue weighted by atomic mass is 32.2. The molecule has 0 aliphatic rings. The lowest BCUT2D eigenvalue weighted by Crippen LogP contribution is -2.63. The standard InChI is InChI=1S/C13H16B4F6O5S/c14-2-5-7(16)1-8(17)6(3-15)9(5)10(24)28-11(12(18,19)20,13(21,22)23)4-29(25,26)27/h1H,2-4,14-17H2,(H,25,26,27). The number of halogens is 6. The van der Waals surface area contributed by atoms with Crippen LogP contribution in [0.3, 0.4) is 0 Å². The molecule has 0 saturated heterocycles. The van der Waals surface area contributed by atoms with E-state index in [2.05, 4.69) is 4.74 Å². The summed E-state index contributed by atoms with van der Waals surface area (Å²) >= 11 is 0. The third-order valence-electron chi connectivity index (χ3n) is 4.47. The molecule has 0 amide bonds. The molecular weight excluding hydrogens is 425 g/mol. The monoisotopic (exact) mass is 442 g/mol. The molecule has 0 radical (unpaired) electrons. The summed E-state index contributed by atoms with van der Waals surface area (Å²) in [5.74, 6) is -4.88. The summed E-state index contributed by atoms with van der Waals surface area (Å²) in [5, 5.41) is 0. The lowest BCUT2D eigenvalue weighted by Gasteiger charge is -2.36. The van der Waals surface area contributed by atoms with Gasteiger partial charge < -0.3 is 4.74 Å². The fourth-order valence-electron chi connectivity index (χ4n) is 3.17. The Labute approximate surface area is 166 Å². The third-order valence-corrected chi connectivity index (χ3v) is 5.24. The Bertz CT molecular complexity index is 858. The van der Waals surface area contributed by atoms with Gasteiger partial charge in [0.1, 0.15) is 37.1 Å². The molecule has 1 N–H and O–H groups in total. The first-order valence-electron chi connectivity index (χ1n) is 8.35. The largest absolute Gasteiger partial charge is 0.438 e. The van der Waals surface area contributed by atoms with Crippen molar-refractivity contribution < 1.29 is 48.8 Å². The van der Waals surface area contributed by atoms with E-state index in [0.717, 1.165) is 0 Å². The SMILES string of the molecule is BCc1c(B)cc(B)c(CB)c1C(=O)OC(CS(=O)(=O)O)(C(F)(F)F)C(F)(F)F. The summed E-state index contributed by atoms with van der Waals surface area (Å²) in [7, 11) is 0.314. The molecule has 0 aliphatic carbocycles. The zero-order chi connectivity index (χ0) is 23.0. The third kappa shape index (κ3) is 5.14. The van der Waals surface area contributed by atoms with Crippen molar-refractivity contribution in [3.63, 3.8) is 0 Å². The highest BCUT2D eigenvalue weighted by Crippen LogP contribution is 2.47. The van der Waals surface area contributed by atoms with Crippen molar-refractivity contribution in [2.45, 2.75) is 30.6 Å². The van der Waals surface area contributed by atoms with Crippen molar-refractivity contribution in [3.05, 3.63) is 22.8 Å². The minimum Gasteiger partial charge on any atom is -0.435 e. The Morgan fingerprint density at radius 3 is 1.62 bits per heavy atom. The second-order valence-electron chi connectivity index (χ2n) is 6.49. The number of hydrogen-bond acceptors (Lipinski definition) is 4. The van der Waals surface area contributed by atoms with Gasteiger partial charge >= 0.3 is 23.9 Å². The van der Waals surface area contributed by atoms with Crippen molar-refractivity contribution in [3.8, 4) is 0 Å². The number of carbonyl (C=O) groups excluding carboxylic acids is 1. The van der Waals surface area contributed by atoms with Crippen LogP contribution >= 0.6 is 0 Å². The first-order chi connectivity index (χ1) is 12.9. The van der Waals surface area contributed by atoms with E-state index in [0.29, 0.717) is 10.9 Å². The molecule has 0 aromatic heterocycles. The van der Waals surface area contributed by atoms with Gasteiger partial charge in [-0.1, -0.05) is 29.6 Å². The second-order valence-corrected chi connectivity index (χ2v) is 7.94. The fraction of sp³-hybridized carbons (Fsp3) is 0.462. The molecule has 29 heavy (non-hydrogen) atoms. The van der Waals surface area contributed by atoms with Crippen LogP contribution in [-0.2, 0) is 27.5 Å². The average Bonchev–Trinajstić information content (AvgIpc) is 2.49. The molecule has 1 rings (SSSR count). The Hall–Kier alpha value is -1.56. The van der Waals surface area contributed by atoms with Gasteiger partial charge in [0.2, 0.25) is 0 Å². The number of alkyl halides is 6.